The minimum atomic E-state index is 0.408. The summed E-state index contributed by atoms with van der Waals surface area (Å²) in [6, 6.07) is 8.73. The van der Waals surface area contributed by atoms with Crippen LogP contribution in [0.15, 0.2) is 24.3 Å². The molecular weight excluding hydrogens is 194 g/mol. The molecule has 1 aliphatic heterocycles. The number of hydrogen-bond acceptors (Lipinski definition) is 1. The number of nitrogens with zero attached hydrogens (tertiary/aromatic N) is 1. The lowest BCUT2D eigenvalue weighted by Crippen LogP contribution is -2.34. The Balaban J connectivity index is 2.00. The molecule has 1 nitrogen and oxygen atoms in total. The van der Waals surface area contributed by atoms with Crippen LogP contribution in [0.2, 0.25) is 0 Å². The molecule has 16 heavy (non-hydrogen) atoms. The summed E-state index contributed by atoms with van der Waals surface area (Å²) in [7, 11) is 0. The molecule has 1 heterocycles. The van der Waals surface area contributed by atoms with Crippen molar-refractivity contribution >= 4 is 0 Å². The molecule has 1 aliphatic rings. The van der Waals surface area contributed by atoms with Gasteiger partial charge in [0.15, 0.2) is 0 Å². The van der Waals surface area contributed by atoms with Crippen LogP contribution in [0.3, 0.4) is 0 Å². The molecule has 1 aromatic carbocycles. The lowest BCUT2D eigenvalue weighted by Gasteiger charge is -2.30. The van der Waals surface area contributed by atoms with E-state index in [4.69, 9.17) is 6.42 Å². The zero-order valence-electron chi connectivity index (χ0n) is 9.95. The highest BCUT2D eigenvalue weighted by atomic mass is 15.1. The van der Waals surface area contributed by atoms with Crippen LogP contribution in [-0.2, 0) is 13.0 Å². The van der Waals surface area contributed by atoms with Gasteiger partial charge < -0.3 is 0 Å². The molecule has 84 valence electrons. The van der Waals surface area contributed by atoms with Crippen LogP contribution >= 0.6 is 0 Å². The number of fused-ring (bicyclic) bond motifs is 1. The predicted molar refractivity (Wildman–Crippen MR) is 68.0 cm³/mol. The second kappa shape index (κ2) is 5.18. The van der Waals surface area contributed by atoms with Gasteiger partial charge in [0.05, 0.1) is 0 Å². The molecule has 0 N–H and O–H groups in total. The van der Waals surface area contributed by atoms with Crippen LogP contribution in [0.4, 0.5) is 0 Å². The molecule has 0 radical (unpaired) electrons. The highest BCUT2D eigenvalue weighted by Crippen LogP contribution is 2.19. The quantitative estimate of drug-likeness (QED) is 0.698. The summed E-state index contributed by atoms with van der Waals surface area (Å²) in [5.74, 6) is 3.29. The summed E-state index contributed by atoms with van der Waals surface area (Å²) in [4.78, 5) is 2.48. The Kier molecular flexibility index (Phi) is 3.64. The molecule has 0 saturated heterocycles. The lowest BCUT2D eigenvalue weighted by atomic mass is 9.98. The van der Waals surface area contributed by atoms with Gasteiger partial charge in [-0.15, -0.1) is 12.3 Å². The molecule has 0 spiro atoms. The van der Waals surface area contributed by atoms with Crippen molar-refractivity contribution in [2.75, 3.05) is 13.1 Å². The molecular formula is C15H19N. The van der Waals surface area contributed by atoms with Gasteiger partial charge in [-0.2, -0.15) is 0 Å². The fourth-order valence-corrected chi connectivity index (χ4v) is 2.32. The van der Waals surface area contributed by atoms with Crippen LogP contribution in [0, 0.1) is 18.3 Å². The zero-order chi connectivity index (χ0) is 11.4. The van der Waals surface area contributed by atoms with Gasteiger partial charge in [-0.1, -0.05) is 31.2 Å². The van der Waals surface area contributed by atoms with E-state index in [1.165, 1.54) is 11.1 Å². The lowest BCUT2D eigenvalue weighted by molar-refractivity contribution is 0.230. The van der Waals surface area contributed by atoms with E-state index in [9.17, 15) is 0 Å². The Morgan fingerprint density at radius 1 is 1.38 bits per heavy atom. The predicted octanol–water partition coefficient (Wildman–Crippen LogP) is 2.70. The van der Waals surface area contributed by atoms with Crippen molar-refractivity contribution < 1.29 is 0 Å². The van der Waals surface area contributed by atoms with Crippen molar-refractivity contribution in [3.05, 3.63) is 35.4 Å². The van der Waals surface area contributed by atoms with E-state index in [1.807, 2.05) is 0 Å². The van der Waals surface area contributed by atoms with Gasteiger partial charge in [0.2, 0.25) is 0 Å². The summed E-state index contributed by atoms with van der Waals surface area (Å²) in [6.07, 6.45) is 7.76. The Morgan fingerprint density at radius 3 is 2.81 bits per heavy atom. The zero-order valence-corrected chi connectivity index (χ0v) is 9.95. The third kappa shape index (κ3) is 2.46. The van der Waals surface area contributed by atoms with Gasteiger partial charge >= 0.3 is 0 Å². The summed E-state index contributed by atoms with van der Waals surface area (Å²) in [5.41, 5.74) is 2.98. The fraction of sp³-hybridized carbons (Fsp3) is 0.467. The second-order valence-electron chi connectivity index (χ2n) is 4.53. The largest absolute Gasteiger partial charge is 0.298 e. The van der Waals surface area contributed by atoms with Gasteiger partial charge in [-0.25, -0.2) is 0 Å². The minimum Gasteiger partial charge on any atom is -0.298 e. The highest BCUT2D eigenvalue weighted by molar-refractivity contribution is 5.29. The average Bonchev–Trinajstić information content (AvgIpc) is 2.35. The first-order chi connectivity index (χ1) is 7.83. The molecule has 0 saturated carbocycles. The fourth-order valence-electron chi connectivity index (χ4n) is 2.32. The normalized spacial score (nSPS) is 17.5. The number of rotatable bonds is 3. The van der Waals surface area contributed by atoms with Gasteiger partial charge in [0.1, 0.15) is 0 Å². The summed E-state index contributed by atoms with van der Waals surface area (Å²) in [6.45, 7) is 5.42. The van der Waals surface area contributed by atoms with Crippen molar-refractivity contribution in [3.63, 3.8) is 0 Å². The van der Waals surface area contributed by atoms with E-state index in [0.29, 0.717) is 5.92 Å². The molecule has 0 bridgehead atoms. The van der Waals surface area contributed by atoms with Gasteiger partial charge in [-0.3, -0.25) is 4.90 Å². The van der Waals surface area contributed by atoms with Crippen molar-refractivity contribution in [2.45, 2.75) is 26.3 Å². The SMILES string of the molecule is C#CC(CC)CN1CCc2ccccc2C1. The first-order valence-corrected chi connectivity index (χ1v) is 6.08. The van der Waals surface area contributed by atoms with Crippen molar-refractivity contribution in [1.29, 1.82) is 0 Å². The van der Waals surface area contributed by atoms with Crippen LogP contribution in [0.5, 0.6) is 0 Å². The van der Waals surface area contributed by atoms with E-state index in [1.54, 1.807) is 0 Å². The number of benzene rings is 1. The standard InChI is InChI=1S/C15H19N/c1-3-13(4-2)11-16-10-9-14-7-5-6-8-15(14)12-16/h1,5-8,13H,4,9-12H2,2H3. The first kappa shape index (κ1) is 11.2. The highest BCUT2D eigenvalue weighted by Gasteiger charge is 2.17. The summed E-state index contributed by atoms with van der Waals surface area (Å²) >= 11 is 0. The van der Waals surface area contributed by atoms with Gasteiger partial charge in [0, 0.05) is 25.6 Å². The minimum absolute atomic E-state index is 0.408. The Morgan fingerprint density at radius 2 is 2.12 bits per heavy atom. The summed E-state index contributed by atoms with van der Waals surface area (Å²) < 4.78 is 0. The van der Waals surface area contributed by atoms with E-state index in [-0.39, 0.29) is 0 Å². The van der Waals surface area contributed by atoms with Crippen molar-refractivity contribution in [3.8, 4) is 12.3 Å². The number of hydrogen-bond donors (Lipinski definition) is 0. The van der Waals surface area contributed by atoms with E-state index in [0.717, 1.165) is 32.5 Å². The Labute approximate surface area is 98.5 Å². The molecule has 1 heteroatoms. The third-order valence-electron chi connectivity index (χ3n) is 3.42. The van der Waals surface area contributed by atoms with Crippen molar-refractivity contribution in [2.24, 2.45) is 5.92 Å². The maximum atomic E-state index is 5.52. The molecule has 0 aromatic heterocycles. The molecule has 1 atom stereocenters. The Bertz CT molecular complexity index is 389. The van der Waals surface area contributed by atoms with Gasteiger partial charge in [-0.05, 0) is 24.0 Å². The molecule has 1 unspecified atom stereocenters. The number of terminal acetylenes is 1. The van der Waals surface area contributed by atoms with Crippen LogP contribution in [-0.4, -0.2) is 18.0 Å². The summed E-state index contributed by atoms with van der Waals surface area (Å²) in [5, 5.41) is 0. The van der Waals surface area contributed by atoms with Crippen LogP contribution in [0.1, 0.15) is 24.5 Å². The first-order valence-electron chi connectivity index (χ1n) is 6.08. The third-order valence-corrected chi connectivity index (χ3v) is 3.42. The molecule has 2 rings (SSSR count). The topological polar surface area (TPSA) is 3.24 Å². The van der Waals surface area contributed by atoms with Gasteiger partial charge in [0.25, 0.3) is 0 Å². The van der Waals surface area contributed by atoms with Crippen molar-refractivity contribution in [1.82, 2.24) is 4.90 Å². The Hall–Kier alpha value is -1.26. The van der Waals surface area contributed by atoms with E-state index in [2.05, 4.69) is 42.0 Å². The van der Waals surface area contributed by atoms with E-state index < -0.39 is 0 Å². The second-order valence-corrected chi connectivity index (χ2v) is 4.53. The van der Waals surface area contributed by atoms with E-state index >= 15 is 0 Å². The molecule has 0 fully saturated rings. The van der Waals surface area contributed by atoms with Crippen LogP contribution in [0.25, 0.3) is 0 Å². The molecule has 0 amide bonds. The molecule has 1 aromatic rings. The monoisotopic (exact) mass is 213 g/mol. The van der Waals surface area contributed by atoms with Crippen LogP contribution < -0.4 is 0 Å². The maximum absolute atomic E-state index is 5.52. The smallest absolute Gasteiger partial charge is 0.0325 e. The molecule has 0 aliphatic carbocycles. The maximum Gasteiger partial charge on any atom is 0.0325 e. The average molecular weight is 213 g/mol.